The Labute approximate surface area is 156 Å². The van der Waals surface area contributed by atoms with Gasteiger partial charge in [0, 0.05) is 29.7 Å². The number of pyridine rings is 1. The Bertz CT molecular complexity index is 914. The van der Waals surface area contributed by atoms with Crippen molar-refractivity contribution >= 4 is 28.4 Å². The van der Waals surface area contributed by atoms with E-state index in [0.717, 1.165) is 29.3 Å². The molecule has 1 aliphatic rings. The topological polar surface area (TPSA) is 67.0 Å². The monoisotopic (exact) mass is 369 g/mol. The van der Waals surface area contributed by atoms with Crippen LogP contribution in [0.2, 0.25) is 5.02 Å². The number of nitrogens with one attached hydrogen (secondary N) is 2. The molecule has 1 saturated carbocycles. The van der Waals surface area contributed by atoms with Crippen molar-refractivity contribution in [3.05, 3.63) is 58.9 Å². The number of benzene rings is 1. The number of aromatic nitrogens is 2. The van der Waals surface area contributed by atoms with Crippen molar-refractivity contribution in [2.75, 3.05) is 0 Å². The van der Waals surface area contributed by atoms with Gasteiger partial charge in [-0.1, -0.05) is 35.9 Å². The highest BCUT2D eigenvalue weighted by Crippen LogP contribution is 2.27. The first-order valence-corrected chi connectivity index (χ1v) is 9.24. The number of halogens is 1. The minimum atomic E-state index is -0.238. The van der Waals surface area contributed by atoms with E-state index in [4.69, 9.17) is 16.3 Å². The molecule has 3 aromatic rings. The second-order valence-corrected chi connectivity index (χ2v) is 6.95. The Balaban J connectivity index is 1.38. The van der Waals surface area contributed by atoms with E-state index in [0.29, 0.717) is 23.1 Å². The van der Waals surface area contributed by atoms with E-state index in [1.807, 2.05) is 36.4 Å². The number of fused-ring (bicyclic) bond motifs is 1. The van der Waals surface area contributed by atoms with Gasteiger partial charge in [-0.05, 0) is 37.3 Å². The largest absolute Gasteiger partial charge is 0.474 e. The minimum absolute atomic E-state index is 0.238. The lowest BCUT2D eigenvalue weighted by Crippen LogP contribution is -2.23. The Morgan fingerprint density at radius 2 is 2.04 bits per heavy atom. The zero-order chi connectivity index (χ0) is 17.9. The van der Waals surface area contributed by atoms with Crippen LogP contribution in [0.25, 0.3) is 10.9 Å². The first-order valence-electron chi connectivity index (χ1n) is 8.87. The van der Waals surface area contributed by atoms with Crippen molar-refractivity contribution in [1.82, 2.24) is 15.3 Å². The number of para-hydroxylation sites is 1. The van der Waals surface area contributed by atoms with Gasteiger partial charge < -0.3 is 15.0 Å². The fourth-order valence-corrected chi connectivity index (χ4v) is 3.59. The van der Waals surface area contributed by atoms with Gasteiger partial charge in [0.1, 0.15) is 11.8 Å². The summed E-state index contributed by atoms with van der Waals surface area (Å²) in [4.78, 5) is 19.8. The van der Waals surface area contributed by atoms with Crippen LogP contribution in [-0.2, 0) is 6.54 Å². The average molecular weight is 370 g/mol. The number of rotatable bonds is 5. The smallest absolute Gasteiger partial charge is 0.269 e. The third-order valence-electron chi connectivity index (χ3n) is 4.71. The van der Waals surface area contributed by atoms with Gasteiger partial charge in [-0.2, -0.15) is 0 Å². The van der Waals surface area contributed by atoms with Crippen molar-refractivity contribution in [1.29, 1.82) is 0 Å². The lowest BCUT2D eigenvalue weighted by atomic mass is 10.2. The molecule has 0 atom stereocenters. The highest BCUT2D eigenvalue weighted by atomic mass is 35.5. The molecule has 0 saturated heterocycles. The zero-order valence-electron chi connectivity index (χ0n) is 14.3. The molecular weight excluding hydrogens is 350 g/mol. The van der Waals surface area contributed by atoms with Crippen molar-refractivity contribution < 1.29 is 9.53 Å². The molecule has 1 aliphatic carbocycles. The summed E-state index contributed by atoms with van der Waals surface area (Å²) < 4.78 is 5.85. The molecule has 2 N–H and O–H groups in total. The highest BCUT2D eigenvalue weighted by molar-refractivity contribution is 6.38. The number of carbonyl (C=O) groups is 1. The molecule has 134 valence electrons. The molecule has 1 amide bonds. The summed E-state index contributed by atoms with van der Waals surface area (Å²) in [6, 6.07) is 11.4. The fourth-order valence-electron chi connectivity index (χ4n) is 3.30. The predicted molar refractivity (Wildman–Crippen MR) is 102 cm³/mol. The second-order valence-electron chi connectivity index (χ2n) is 6.57. The number of hydrogen-bond acceptors (Lipinski definition) is 3. The van der Waals surface area contributed by atoms with Gasteiger partial charge in [0.05, 0.1) is 5.02 Å². The summed E-state index contributed by atoms with van der Waals surface area (Å²) >= 11 is 6.31. The number of amides is 1. The van der Waals surface area contributed by atoms with Gasteiger partial charge in [-0.15, -0.1) is 0 Å². The summed E-state index contributed by atoms with van der Waals surface area (Å²) in [5.74, 6) is 0.406. The predicted octanol–water partition coefficient (Wildman–Crippen LogP) is 4.47. The number of hydrogen-bond donors (Lipinski definition) is 2. The molecule has 5 nitrogen and oxygen atoms in total. The maximum absolute atomic E-state index is 12.4. The zero-order valence-corrected chi connectivity index (χ0v) is 15.1. The van der Waals surface area contributed by atoms with E-state index in [-0.39, 0.29) is 12.0 Å². The third-order valence-corrected chi connectivity index (χ3v) is 5.10. The van der Waals surface area contributed by atoms with Crippen LogP contribution in [0.1, 0.15) is 41.7 Å². The van der Waals surface area contributed by atoms with Crippen LogP contribution < -0.4 is 10.1 Å². The molecule has 1 aromatic carbocycles. The number of ether oxygens (including phenoxy) is 1. The summed E-state index contributed by atoms with van der Waals surface area (Å²) in [7, 11) is 0. The maximum atomic E-state index is 12.4. The van der Waals surface area contributed by atoms with Gasteiger partial charge in [-0.25, -0.2) is 4.98 Å². The molecule has 2 heterocycles. The van der Waals surface area contributed by atoms with Gasteiger partial charge in [0.25, 0.3) is 5.91 Å². The van der Waals surface area contributed by atoms with Crippen molar-refractivity contribution in [2.24, 2.45) is 0 Å². The van der Waals surface area contributed by atoms with Gasteiger partial charge in [0.15, 0.2) is 0 Å². The quantitative estimate of drug-likeness (QED) is 0.697. The molecule has 0 bridgehead atoms. The van der Waals surface area contributed by atoms with Gasteiger partial charge >= 0.3 is 0 Å². The fraction of sp³-hybridized carbons (Fsp3) is 0.300. The van der Waals surface area contributed by atoms with Crippen LogP contribution in [-0.4, -0.2) is 22.0 Å². The molecule has 6 heteroatoms. The average Bonchev–Trinajstić information content (AvgIpc) is 3.29. The van der Waals surface area contributed by atoms with Crippen molar-refractivity contribution in [3.63, 3.8) is 0 Å². The van der Waals surface area contributed by atoms with Crippen LogP contribution in [0, 0.1) is 0 Å². The first kappa shape index (κ1) is 16.9. The lowest BCUT2D eigenvalue weighted by Gasteiger charge is -2.12. The first-order chi connectivity index (χ1) is 12.7. The van der Waals surface area contributed by atoms with E-state index in [2.05, 4.69) is 15.3 Å². The molecule has 26 heavy (non-hydrogen) atoms. The standard InChI is InChI=1S/C20H20ClN3O2/c21-18-15-7-3-4-8-16(15)24-19(18)20(25)23-12-13-9-10-17(22-11-13)26-14-5-1-2-6-14/h3-4,7-11,14,24H,1-2,5-6,12H2,(H,23,25). The normalized spacial score (nSPS) is 14.7. The van der Waals surface area contributed by atoms with E-state index in [1.165, 1.54) is 12.8 Å². The SMILES string of the molecule is O=C(NCc1ccc(OC2CCCC2)nc1)c1[nH]c2ccccc2c1Cl. The Hall–Kier alpha value is -2.53. The van der Waals surface area contributed by atoms with Crippen LogP contribution in [0.4, 0.5) is 0 Å². The molecule has 0 aliphatic heterocycles. The van der Waals surface area contributed by atoms with Crippen LogP contribution in [0.15, 0.2) is 42.6 Å². The van der Waals surface area contributed by atoms with Crippen LogP contribution in [0.5, 0.6) is 5.88 Å². The minimum Gasteiger partial charge on any atom is -0.474 e. The van der Waals surface area contributed by atoms with E-state index < -0.39 is 0 Å². The highest BCUT2D eigenvalue weighted by Gasteiger charge is 2.17. The molecule has 0 unspecified atom stereocenters. The Kier molecular flexibility index (Phi) is 4.80. The second kappa shape index (κ2) is 7.38. The Morgan fingerprint density at radius 3 is 2.77 bits per heavy atom. The Morgan fingerprint density at radius 1 is 1.23 bits per heavy atom. The number of aromatic amines is 1. The summed E-state index contributed by atoms with van der Waals surface area (Å²) in [5, 5.41) is 4.16. The molecule has 2 aromatic heterocycles. The summed E-state index contributed by atoms with van der Waals surface area (Å²) in [6.07, 6.45) is 6.68. The molecule has 4 rings (SSSR count). The van der Waals surface area contributed by atoms with Crippen molar-refractivity contribution in [3.8, 4) is 5.88 Å². The number of nitrogens with zero attached hydrogens (tertiary/aromatic N) is 1. The van der Waals surface area contributed by atoms with Gasteiger partial charge in [0.2, 0.25) is 5.88 Å². The number of carbonyl (C=O) groups excluding carboxylic acids is 1. The summed E-state index contributed by atoms with van der Waals surface area (Å²) in [6.45, 7) is 0.376. The third kappa shape index (κ3) is 3.53. The molecule has 0 radical (unpaired) electrons. The van der Waals surface area contributed by atoms with Gasteiger partial charge in [-0.3, -0.25) is 4.79 Å². The molecular formula is C20H20ClN3O2. The number of H-pyrrole nitrogens is 1. The van der Waals surface area contributed by atoms with E-state index in [9.17, 15) is 4.79 Å². The molecule has 1 fully saturated rings. The van der Waals surface area contributed by atoms with E-state index >= 15 is 0 Å². The van der Waals surface area contributed by atoms with Crippen LogP contribution in [0.3, 0.4) is 0 Å². The van der Waals surface area contributed by atoms with E-state index in [1.54, 1.807) is 6.20 Å². The maximum Gasteiger partial charge on any atom is 0.269 e. The van der Waals surface area contributed by atoms with Crippen LogP contribution >= 0.6 is 11.6 Å². The lowest BCUT2D eigenvalue weighted by molar-refractivity contribution is 0.0947. The summed E-state index contributed by atoms with van der Waals surface area (Å²) in [5.41, 5.74) is 2.13. The molecule has 0 spiro atoms. The van der Waals surface area contributed by atoms with Crippen molar-refractivity contribution in [2.45, 2.75) is 38.3 Å².